The highest BCUT2D eigenvalue weighted by Gasteiger charge is 2.46. The van der Waals surface area contributed by atoms with Crippen molar-refractivity contribution in [3.05, 3.63) is 277 Å². The van der Waals surface area contributed by atoms with Crippen LogP contribution in [0.4, 0.5) is 17.1 Å². The monoisotopic (exact) mass is 842 g/mol. The van der Waals surface area contributed by atoms with Gasteiger partial charge in [-0.25, -0.2) is 0 Å². The molecule has 1 aliphatic carbocycles. The van der Waals surface area contributed by atoms with Crippen LogP contribution in [-0.2, 0) is 5.41 Å². The third kappa shape index (κ3) is 5.82. The first-order chi connectivity index (χ1) is 32.7. The molecule has 0 saturated carbocycles. The second kappa shape index (κ2) is 15.2. The molecule has 0 N–H and O–H groups in total. The number of nitrogens with zero attached hydrogens (tertiary/aromatic N) is 4. The van der Waals surface area contributed by atoms with Crippen molar-refractivity contribution in [2.75, 3.05) is 4.90 Å². The standard InChI is InChI=1S/C62H42N4/c1-5-15-46(16-6-1)62(47-17-7-2-8-18-47)57-24-14-13-23-53(57)54-31-29-52(41-58(54)62)65(50-27-25-43(26-28-50)44-33-36-63-37-34-44)51-30-32-59-56(40-51)55-39-45-35-38-64(48-19-9-3-10-20-48)60(45)42-61(55)66(59)49-21-11-4-12-22-49/h1-42H. The van der Waals surface area contributed by atoms with Crippen LogP contribution in [0.25, 0.3) is 66.3 Å². The summed E-state index contributed by atoms with van der Waals surface area (Å²) < 4.78 is 4.71. The van der Waals surface area contributed by atoms with Crippen LogP contribution in [0, 0.1) is 0 Å². The average Bonchev–Trinajstić information content (AvgIpc) is 4.05. The van der Waals surface area contributed by atoms with Crippen molar-refractivity contribution >= 4 is 49.8 Å². The van der Waals surface area contributed by atoms with Gasteiger partial charge in [-0.05, 0) is 142 Å². The molecule has 3 aromatic heterocycles. The third-order valence-corrected chi connectivity index (χ3v) is 13.7. The lowest BCUT2D eigenvalue weighted by atomic mass is 9.67. The maximum Gasteiger partial charge on any atom is 0.0714 e. The van der Waals surface area contributed by atoms with Crippen molar-refractivity contribution in [1.29, 1.82) is 0 Å². The van der Waals surface area contributed by atoms with Gasteiger partial charge in [0, 0.05) is 63.2 Å². The summed E-state index contributed by atoms with van der Waals surface area (Å²) in [6, 6.07) is 86.7. The molecule has 4 heteroatoms. The van der Waals surface area contributed by atoms with Gasteiger partial charge in [-0.15, -0.1) is 0 Å². The number of para-hydroxylation sites is 2. The smallest absolute Gasteiger partial charge is 0.0714 e. The van der Waals surface area contributed by atoms with Crippen LogP contribution in [0.3, 0.4) is 0 Å². The summed E-state index contributed by atoms with van der Waals surface area (Å²) in [7, 11) is 0. The molecule has 0 spiro atoms. The van der Waals surface area contributed by atoms with Crippen molar-refractivity contribution < 1.29 is 0 Å². The van der Waals surface area contributed by atoms with Crippen LogP contribution in [-0.4, -0.2) is 14.1 Å². The van der Waals surface area contributed by atoms with Crippen LogP contribution in [0.15, 0.2) is 255 Å². The zero-order chi connectivity index (χ0) is 43.6. The van der Waals surface area contributed by atoms with Crippen LogP contribution in [0.1, 0.15) is 22.3 Å². The molecule has 0 aliphatic heterocycles. The second-order valence-corrected chi connectivity index (χ2v) is 17.2. The third-order valence-electron chi connectivity index (χ3n) is 13.7. The number of pyridine rings is 1. The van der Waals surface area contributed by atoms with E-state index in [0.717, 1.165) is 50.6 Å². The first-order valence-electron chi connectivity index (χ1n) is 22.6. The minimum Gasteiger partial charge on any atom is -0.316 e. The van der Waals surface area contributed by atoms with E-state index in [2.05, 4.69) is 262 Å². The zero-order valence-corrected chi connectivity index (χ0v) is 36.0. The molecule has 0 fully saturated rings. The molecule has 0 unspecified atom stereocenters. The predicted octanol–water partition coefficient (Wildman–Crippen LogP) is 15.6. The SMILES string of the molecule is c1ccc(-n2ccc3cc4c5cc(N(c6ccc(-c7ccncc7)cc6)c6ccc7c(c6)C(c6ccccc6)(c6ccccc6)c6ccccc6-7)ccc5n(-c5ccccc5)c4cc32)cc1. The molecule has 4 nitrogen and oxygen atoms in total. The number of benzene rings is 9. The average molecular weight is 843 g/mol. The maximum atomic E-state index is 4.28. The van der Waals surface area contributed by atoms with Gasteiger partial charge in [-0.2, -0.15) is 0 Å². The van der Waals surface area contributed by atoms with Crippen molar-refractivity contribution in [3.63, 3.8) is 0 Å². The molecule has 0 amide bonds. The first kappa shape index (κ1) is 37.8. The molecule has 3 heterocycles. The van der Waals surface area contributed by atoms with Gasteiger partial charge in [0.2, 0.25) is 0 Å². The summed E-state index contributed by atoms with van der Waals surface area (Å²) in [6.07, 6.45) is 5.90. The van der Waals surface area contributed by atoms with E-state index in [1.165, 1.54) is 55.1 Å². The Labute approximate surface area is 383 Å². The Morgan fingerprint density at radius 1 is 0.379 bits per heavy atom. The maximum absolute atomic E-state index is 4.28. The Balaban J connectivity index is 1.06. The van der Waals surface area contributed by atoms with E-state index in [4.69, 9.17) is 0 Å². The molecule has 0 saturated heterocycles. The topological polar surface area (TPSA) is 26.0 Å². The minimum absolute atomic E-state index is 0.532. The van der Waals surface area contributed by atoms with Crippen LogP contribution in [0.2, 0.25) is 0 Å². The van der Waals surface area contributed by atoms with Crippen molar-refractivity contribution in [2.24, 2.45) is 0 Å². The summed E-state index contributed by atoms with van der Waals surface area (Å²) in [4.78, 5) is 6.72. The Bertz CT molecular complexity index is 3690. The van der Waals surface area contributed by atoms with Gasteiger partial charge < -0.3 is 14.0 Å². The molecule has 0 radical (unpaired) electrons. The predicted molar refractivity (Wildman–Crippen MR) is 273 cm³/mol. The second-order valence-electron chi connectivity index (χ2n) is 17.2. The van der Waals surface area contributed by atoms with E-state index in [0.29, 0.717) is 0 Å². The molecule has 66 heavy (non-hydrogen) atoms. The number of anilines is 3. The minimum atomic E-state index is -0.532. The van der Waals surface area contributed by atoms with Crippen LogP contribution >= 0.6 is 0 Å². The Kier molecular flexibility index (Phi) is 8.72. The van der Waals surface area contributed by atoms with Gasteiger partial charge in [0.1, 0.15) is 0 Å². The van der Waals surface area contributed by atoms with Gasteiger partial charge in [0.05, 0.1) is 22.0 Å². The Hall–Kier alpha value is -8.73. The van der Waals surface area contributed by atoms with Crippen LogP contribution in [0.5, 0.6) is 0 Å². The van der Waals surface area contributed by atoms with E-state index in [-0.39, 0.29) is 0 Å². The number of hydrogen-bond acceptors (Lipinski definition) is 2. The summed E-state index contributed by atoms with van der Waals surface area (Å²) in [6.45, 7) is 0. The molecule has 0 bridgehead atoms. The summed E-state index contributed by atoms with van der Waals surface area (Å²) in [5, 5.41) is 3.60. The number of hydrogen-bond donors (Lipinski definition) is 0. The van der Waals surface area contributed by atoms with E-state index in [1.807, 2.05) is 12.4 Å². The molecule has 9 aromatic carbocycles. The highest BCUT2D eigenvalue weighted by Crippen LogP contribution is 2.57. The molecule has 13 rings (SSSR count). The number of rotatable bonds is 8. The normalized spacial score (nSPS) is 12.7. The summed E-state index contributed by atoms with van der Waals surface area (Å²) in [5.74, 6) is 0. The highest BCUT2D eigenvalue weighted by molar-refractivity contribution is 6.14. The lowest BCUT2D eigenvalue weighted by Crippen LogP contribution is -2.28. The van der Waals surface area contributed by atoms with Crippen molar-refractivity contribution in [1.82, 2.24) is 14.1 Å². The number of aromatic nitrogens is 3. The van der Waals surface area contributed by atoms with E-state index >= 15 is 0 Å². The number of fused-ring (bicyclic) bond motifs is 7. The van der Waals surface area contributed by atoms with Gasteiger partial charge in [-0.3, -0.25) is 4.98 Å². The molecule has 1 aliphatic rings. The van der Waals surface area contributed by atoms with Crippen LogP contribution < -0.4 is 4.90 Å². The zero-order valence-electron chi connectivity index (χ0n) is 36.0. The fraction of sp³-hybridized carbons (Fsp3) is 0.0161. The largest absolute Gasteiger partial charge is 0.316 e. The molecule has 0 atom stereocenters. The molecule has 310 valence electrons. The molecule has 12 aromatic rings. The molecular weight excluding hydrogens is 801 g/mol. The summed E-state index contributed by atoms with van der Waals surface area (Å²) in [5.41, 5.74) is 18.3. The van der Waals surface area contributed by atoms with Crippen molar-refractivity contribution in [2.45, 2.75) is 5.41 Å². The fourth-order valence-corrected chi connectivity index (χ4v) is 10.8. The van der Waals surface area contributed by atoms with Gasteiger partial charge in [0.25, 0.3) is 0 Å². The van der Waals surface area contributed by atoms with E-state index in [9.17, 15) is 0 Å². The molecular formula is C62H42N4. The summed E-state index contributed by atoms with van der Waals surface area (Å²) >= 11 is 0. The highest BCUT2D eigenvalue weighted by atomic mass is 15.1. The quantitative estimate of drug-likeness (QED) is 0.152. The van der Waals surface area contributed by atoms with Gasteiger partial charge in [-0.1, -0.05) is 140 Å². The van der Waals surface area contributed by atoms with E-state index in [1.54, 1.807) is 0 Å². The lowest BCUT2D eigenvalue weighted by Gasteiger charge is -2.35. The van der Waals surface area contributed by atoms with Gasteiger partial charge >= 0.3 is 0 Å². The first-order valence-corrected chi connectivity index (χ1v) is 22.6. The fourth-order valence-electron chi connectivity index (χ4n) is 10.8. The Morgan fingerprint density at radius 2 is 0.939 bits per heavy atom. The lowest BCUT2D eigenvalue weighted by molar-refractivity contribution is 0.768. The van der Waals surface area contributed by atoms with Gasteiger partial charge in [0.15, 0.2) is 0 Å². The Morgan fingerprint density at radius 3 is 1.65 bits per heavy atom. The van der Waals surface area contributed by atoms with E-state index < -0.39 is 5.41 Å². The van der Waals surface area contributed by atoms with Crippen molar-refractivity contribution in [3.8, 4) is 33.6 Å².